The lowest BCUT2D eigenvalue weighted by Crippen LogP contribution is -2.32. The maximum Gasteiger partial charge on any atom is 0.223 e. The van der Waals surface area contributed by atoms with Crippen molar-refractivity contribution in [2.24, 2.45) is 5.14 Å². The lowest BCUT2D eigenvalue weighted by atomic mass is 10.3. The van der Waals surface area contributed by atoms with Crippen molar-refractivity contribution < 1.29 is 17.9 Å². The van der Waals surface area contributed by atoms with Crippen molar-refractivity contribution in [2.45, 2.75) is 6.42 Å². The Kier molecular flexibility index (Phi) is 5.60. The first-order chi connectivity index (χ1) is 8.47. The third-order valence-corrected chi connectivity index (χ3v) is 2.82. The Morgan fingerprint density at radius 2 is 1.94 bits per heavy atom. The van der Waals surface area contributed by atoms with Crippen LogP contribution in [0.2, 0.25) is 0 Å². The van der Waals surface area contributed by atoms with E-state index in [2.05, 4.69) is 5.32 Å². The number of sulfonamides is 1. The van der Waals surface area contributed by atoms with Crippen LogP contribution in [0.1, 0.15) is 6.42 Å². The number of primary sulfonamides is 1. The highest BCUT2D eigenvalue weighted by atomic mass is 32.2. The highest BCUT2D eigenvalue weighted by Crippen LogP contribution is 2.08. The van der Waals surface area contributed by atoms with E-state index < -0.39 is 10.0 Å². The molecule has 0 fully saturated rings. The fourth-order valence-corrected chi connectivity index (χ4v) is 1.59. The van der Waals surface area contributed by atoms with E-state index in [4.69, 9.17) is 9.88 Å². The van der Waals surface area contributed by atoms with Gasteiger partial charge in [0.15, 0.2) is 0 Å². The highest BCUT2D eigenvalue weighted by molar-refractivity contribution is 7.89. The molecule has 0 aliphatic carbocycles. The summed E-state index contributed by atoms with van der Waals surface area (Å²) in [4.78, 5) is 11.3. The minimum absolute atomic E-state index is 0.0169. The van der Waals surface area contributed by atoms with E-state index in [-0.39, 0.29) is 31.2 Å². The van der Waals surface area contributed by atoms with E-state index >= 15 is 0 Å². The zero-order chi connectivity index (χ0) is 13.4. The van der Waals surface area contributed by atoms with Crippen molar-refractivity contribution in [3.63, 3.8) is 0 Å². The van der Waals surface area contributed by atoms with E-state index in [0.29, 0.717) is 5.75 Å². The maximum absolute atomic E-state index is 11.3. The zero-order valence-corrected chi connectivity index (χ0v) is 10.7. The van der Waals surface area contributed by atoms with E-state index in [0.717, 1.165) is 0 Å². The second-order valence-corrected chi connectivity index (χ2v) is 5.36. The van der Waals surface area contributed by atoms with Gasteiger partial charge in [-0.15, -0.1) is 0 Å². The van der Waals surface area contributed by atoms with E-state index in [1.807, 2.05) is 18.2 Å². The number of carbonyl (C=O) groups is 1. The molecule has 0 saturated heterocycles. The lowest BCUT2D eigenvalue weighted by molar-refractivity contribution is -0.121. The van der Waals surface area contributed by atoms with Crippen molar-refractivity contribution in [1.29, 1.82) is 0 Å². The lowest BCUT2D eigenvalue weighted by Gasteiger charge is -2.06. The monoisotopic (exact) mass is 272 g/mol. The van der Waals surface area contributed by atoms with Crippen LogP contribution in [0.25, 0.3) is 0 Å². The molecule has 100 valence electrons. The fraction of sp³-hybridized carbons (Fsp3) is 0.364. The second-order valence-electron chi connectivity index (χ2n) is 3.63. The number of carbonyl (C=O) groups excluding carboxylic acids is 1. The van der Waals surface area contributed by atoms with Gasteiger partial charge in [0.2, 0.25) is 15.9 Å². The van der Waals surface area contributed by atoms with Crippen LogP contribution in [0.15, 0.2) is 30.3 Å². The Balaban J connectivity index is 2.14. The van der Waals surface area contributed by atoms with Crippen LogP contribution in [0.3, 0.4) is 0 Å². The third-order valence-electron chi connectivity index (χ3n) is 2.05. The Bertz CT molecular complexity index is 473. The predicted molar refractivity (Wildman–Crippen MR) is 67.5 cm³/mol. The van der Waals surface area contributed by atoms with Crippen molar-refractivity contribution in [2.75, 3.05) is 18.9 Å². The number of para-hydroxylation sites is 1. The summed E-state index contributed by atoms with van der Waals surface area (Å²) in [6.45, 7) is 0.258. The van der Waals surface area contributed by atoms with Gasteiger partial charge in [0.25, 0.3) is 0 Å². The number of rotatable bonds is 7. The van der Waals surface area contributed by atoms with Crippen molar-refractivity contribution in [3.05, 3.63) is 30.3 Å². The number of ether oxygens (including phenoxy) is 1. The molecule has 0 radical (unpaired) electrons. The molecule has 0 heterocycles. The van der Waals surface area contributed by atoms with Crippen molar-refractivity contribution in [1.82, 2.24) is 5.32 Å². The molecule has 1 aromatic rings. The van der Waals surface area contributed by atoms with E-state index in [1.165, 1.54) is 0 Å². The largest absolute Gasteiger partial charge is 0.493 e. The van der Waals surface area contributed by atoms with Gasteiger partial charge < -0.3 is 10.1 Å². The molecule has 7 heteroatoms. The number of benzene rings is 1. The van der Waals surface area contributed by atoms with Crippen LogP contribution in [0, 0.1) is 0 Å². The average molecular weight is 272 g/mol. The minimum Gasteiger partial charge on any atom is -0.493 e. The predicted octanol–water partition coefficient (Wildman–Crippen LogP) is -0.140. The summed E-state index contributed by atoms with van der Waals surface area (Å²) in [5.74, 6) is 0.155. The normalized spacial score (nSPS) is 10.9. The molecule has 0 aromatic heterocycles. The van der Waals surface area contributed by atoms with Crippen molar-refractivity contribution in [3.8, 4) is 5.75 Å². The van der Waals surface area contributed by atoms with Crippen LogP contribution in [-0.2, 0) is 14.8 Å². The zero-order valence-electron chi connectivity index (χ0n) is 9.83. The molecule has 0 unspecified atom stereocenters. The first-order valence-corrected chi connectivity index (χ1v) is 7.14. The molecule has 0 aliphatic rings. The summed E-state index contributed by atoms with van der Waals surface area (Å²) in [7, 11) is -3.53. The van der Waals surface area contributed by atoms with Gasteiger partial charge in [-0.3, -0.25) is 4.79 Å². The molecule has 0 aliphatic heterocycles. The van der Waals surface area contributed by atoms with Gasteiger partial charge in [-0.2, -0.15) is 0 Å². The Morgan fingerprint density at radius 1 is 1.28 bits per heavy atom. The topological polar surface area (TPSA) is 98.5 Å². The number of hydrogen-bond acceptors (Lipinski definition) is 4. The molecule has 3 N–H and O–H groups in total. The van der Waals surface area contributed by atoms with Gasteiger partial charge in [-0.25, -0.2) is 13.6 Å². The summed E-state index contributed by atoms with van der Waals surface area (Å²) < 4.78 is 26.5. The molecule has 1 amide bonds. The summed E-state index contributed by atoms with van der Waals surface area (Å²) >= 11 is 0. The molecular formula is C11H16N2O4S. The first-order valence-electron chi connectivity index (χ1n) is 5.42. The highest BCUT2D eigenvalue weighted by Gasteiger charge is 2.05. The standard InChI is InChI=1S/C11H16N2O4S/c12-18(15,16)9-7-13-11(14)6-8-17-10-4-2-1-3-5-10/h1-5H,6-9H2,(H,13,14)(H2,12,15,16). The molecular weight excluding hydrogens is 256 g/mol. The molecule has 0 spiro atoms. The van der Waals surface area contributed by atoms with Crippen LogP contribution in [-0.4, -0.2) is 33.2 Å². The van der Waals surface area contributed by atoms with E-state index in [9.17, 15) is 13.2 Å². The summed E-state index contributed by atoms with van der Waals surface area (Å²) in [5, 5.41) is 7.24. The van der Waals surface area contributed by atoms with E-state index in [1.54, 1.807) is 12.1 Å². The van der Waals surface area contributed by atoms with Gasteiger partial charge in [0.05, 0.1) is 18.8 Å². The van der Waals surface area contributed by atoms with Crippen LogP contribution >= 0.6 is 0 Å². The summed E-state index contributed by atoms with van der Waals surface area (Å²) in [6, 6.07) is 9.12. The number of amides is 1. The van der Waals surface area contributed by atoms with Crippen molar-refractivity contribution >= 4 is 15.9 Å². The number of nitrogens with two attached hydrogens (primary N) is 1. The molecule has 0 bridgehead atoms. The Morgan fingerprint density at radius 3 is 2.56 bits per heavy atom. The molecule has 0 saturated carbocycles. The van der Waals surface area contributed by atoms with Gasteiger partial charge in [-0.1, -0.05) is 18.2 Å². The van der Waals surface area contributed by atoms with Crippen LogP contribution < -0.4 is 15.2 Å². The van der Waals surface area contributed by atoms with Gasteiger partial charge in [-0.05, 0) is 12.1 Å². The third kappa shape index (κ3) is 6.87. The SMILES string of the molecule is NS(=O)(=O)CCNC(=O)CCOc1ccccc1. The molecule has 1 rings (SSSR count). The smallest absolute Gasteiger partial charge is 0.223 e. The molecule has 18 heavy (non-hydrogen) atoms. The Hall–Kier alpha value is -1.60. The number of hydrogen-bond donors (Lipinski definition) is 2. The molecule has 0 atom stereocenters. The molecule has 1 aromatic carbocycles. The van der Waals surface area contributed by atoms with Gasteiger partial charge in [0.1, 0.15) is 5.75 Å². The minimum atomic E-state index is -3.53. The maximum atomic E-state index is 11.3. The Labute approximate surface area is 106 Å². The second kappa shape index (κ2) is 6.97. The average Bonchev–Trinajstić information content (AvgIpc) is 2.28. The fourth-order valence-electron chi connectivity index (χ4n) is 1.20. The molecule has 6 nitrogen and oxygen atoms in total. The summed E-state index contributed by atoms with van der Waals surface area (Å²) in [6.07, 6.45) is 0.166. The first kappa shape index (κ1) is 14.5. The van der Waals surface area contributed by atoms with Crippen LogP contribution in [0.4, 0.5) is 0 Å². The summed E-state index contributed by atoms with van der Waals surface area (Å²) in [5.41, 5.74) is 0. The van der Waals surface area contributed by atoms with Crippen LogP contribution in [0.5, 0.6) is 5.75 Å². The number of nitrogens with one attached hydrogen (secondary N) is 1. The quantitative estimate of drug-likeness (QED) is 0.721. The van der Waals surface area contributed by atoms with Gasteiger partial charge in [0, 0.05) is 6.54 Å². The van der Waals surface area contributed by atoms with Gasteiger partial charge >= 0.3 is 0 Å².